The number of hydrogen-bond donors (Lipinski definition) is 1. The molecule has 0 aromatic carbocycles. The van der Waals surface area contributed by atoms with E-state index in [9.17, 15) is 0 Å². The minimum atomic E-state index is 0.456. The van der Waals surface area contributed by atoms with Gasteiger partial charge >= 0.3 is 0 Å². The molecule has 0 atom stereocenters. The van der Waals surface area contributed by atoms with E-state index in [4.69, 9.17) is 4.74 Å². The summed E-state index contributed by atoms with van der Waals surface area (Å²) < 4.78 is 7.17. The summed E-state index contributed by atoms with van der Waals surface area (Å²) in [6, 6.07) is 0. The van der Waals surface area contributed by atoms with Crippen LogP contribution in [0.25, 0.3) is 4.96 Å². The van der Waals surface area contributed by atoms with E-state index in [-0.39, 0.29) is 0 Å². The summed E-state index contributed by atoms with van der Waals surface area (Å²) in [6.45, 7) is 2.81. The third-order valence-corrected chi connectivity index (χ3v) is 4.41. The van der Waals surface area contributed by atoms with E-state index in [1.165, 1.54) is 18.5 Å². The number of fused-ring (bicyclic) bond motifs is 1. The molecule has 4 nitrogen and oxygen atoms in total. The highest BCUT2D eigenvalue weighted by atomic mass is 32.1. The lowest BCUT2D eigenvalue weighted by Crippen LogP contribution is -2.28. The summed E-state index contributed by atoms with van der Waals surface area (Å²) in [5, 5.41) is 5.55. The van der Waals surface area contributed by atoms with Crippen LogP contribution in [0.15, 0.2) is 17.8 Å². The zero-order valence-corrected chi connectivity index (χ0v) is 11.5. The molecule has 1 fully saturated rings. The molecule has 0 saturated heterocycles. The molecule has 2 heterocycles. The van der Waals surface area contributed by atoms with Gasteiger partial charge < -0.3 is 10.1 Å². The summed E-state index contributed by atoms with van der Waals surface area (Å²) in [5.74, 6) is 0. The lowest BCUT2D eigenvalue weighted by molar-refractivity contribution is 0.197. The van der Waals surface area contributed by atoms with Gasteiger partial charge in [-0.1, -0.05) is 0 Å². The number of aromatic nitrogens is 2. The van der Waals surface area contributed by atoms with Crippen LogP contribution >= 0.6 is 11.3 Å². The Morgan fingerprint density at radius 1 is 1.56 bits per heavy atom. The zero-order valence-electron chi connectivity index (χ0n) is 10.7. The van der Waals surface area contributed by atoms with E-state index in [1.54, 1.807) is 18.4 Å². The van der Waals surface area contributed by atoms with E-state index < -0.39 is 0 Å². The molecular weight excluding hydrogens is 246 g/mol. The molecule has 0 radical (unpaired) electrons. The molecule has 5 heteroatoms. The van der Waals surface area contributed by atoms with Crippen LogP contribution in [0.5, 0.6) is 0 Å². The van der Waals surface area contributed by atoms with Crippen LogP contribution in [-0.2, 0) is 11.2 Å². The van der Waals surface area contributed by atoms with E-state index in [2.05, 4.69) is 32.5 Å². The maximum atomic E-state index is 5.05. The Balaban J connectivity index is 1.56. The van der Waals surface area contributed by atoms with Crippen LogP contribution in [0, 0.1) is 5.41 Å². The predicted octanol–water partition coefficient (Wildman–Crippen LogP) is 1.95. The van der Waals surface area contributed by atoms with Crippen molar-refractivity contribution >= 4 is 16.3 Å². The standard InChI is InChI=1S/C13H19N3OS/c1-17-6-4-14-10-13(2-3-13)8-11-9-16-5-7-18-12(16)15-11/h5,7,9,14H,2-4,6,8,10H2,1H3. The van der Waals surface area contributed by atoms with Gasteiger partial charge in [0.15, 0.2) is 4.96 Å². The molecule has 0 spiro atoms. The molecule has 1 N–H and O–H groups in total. The molecular formula is C13H19N3OS. The van der Waals surface area contributed by atoms with Gasteiger partial charge in [-0.15, -0.1) is 11.3 Å². The van der Waals surface area contributed by atoms with Crippen LogP contribution in [0.1, 0.15) is 18.5 Å². The Labute approximate surface area is 111 Å². The van der Waals surface area contributed by atoms with Crippen molar-refractivity contribution in [1.29, 1.82) is 0 Å². The number of nitrogens with one attached hydrogen (secondary N) is 1. The Morgan fingerprint density at radius 2 is 2.44 bits per heavy atom. The molecule has 1 saturated carbocycles. The number of rotatable bonds is 7. The zero-order chi connectivity index (χ0) is 12.4. The average molecular weight is 265 g/mol. The number of hydrogen-bond acceptors (Lipinski definition) is 4. The molecule has 0 aliphatic heterocycles. The largest absolute Gasteiger partial charge is 0.383 e. The van der Waals surface area contributed by atoms with Crippen LogP contribution < -0.4 is 5.32 Å². The van der Waals surface area contributed by atoms with Gasteiger partial charge in [-0.25, -0.2) is 4.98 Å². The second-order valence-corrected chi connectivity index (χ2v) is 6.04. The van der Waals surface area contributed by atoms with Crippen molar-refractivity contribution in [2.75, 3.05) is 26.8 Å². The van der Waals surface area contributed by atoms with Crippen molar-refractivity contribution in [3.05, 3.63) is 23.5 Å². The first-order valence-electron chi connectivity index (χ1n) is 6.42. The second kappa shape index (κ2) is 4.99. The quantitative estimate of drug-likeness (QED) is 0.778. The normalized spacial score (nSPS) is 17.4. The number of methoxy groups -OCH3 is 1. The van der Waals surface area contributed by atoms with Crippen LogP contribution in [-0.4, -0.2) is 36.2 Å². The first-order valence-corrected chi connectivity index (χ1v) is 7.30. The lowest BCUT2D eigenvalue weighted by atomic mass is 10.0. The molecule has 98 valence electrons. The molecule has 0 bridgehead atoms. The number of ether oxygens (including phenoxy) is 1. The molecule has 2 aromatic rings. The first-order chi connectivity index (χ1) is 8.81. The highest BCUT2D eigenvalue weighted by Gasteiger charge is 2.42. The topological polar surface area (TPSA) is 38.6 Å². The fourth-order valence-corrected chi connectivity index (χ4v) is 3.09. The Hall–Kier alpha value is -0.910. The molecule has 0 unspecified atom stereocenters. The van der Waals surface area contributed by atoms with Gasteiger partial charge in [0.05, 0.1) is 12.3 Å². The molecule has 0 amide bonds. The van der Waals surface area contributed by atoms with Crippen LogP contribution in [0.2, 0.25) is 0 Å². The summed E-state index contributed by atoms with van der Waals surface area (Å²) in [4.78, 5) is 5.78. The van der Waals surface area contributed by atoms with Crippen molar-refractivity contribution in [2.45, 2.75) is 19.3 Å². The highest BCUT2D eigenvalue weighted by molar-refractivity contribution is 7.15. The summed E-state index contributed by atoms with van der Waals surface area (Å²) >= 11 is 1.70. The van der Waals surface area contributed by atoms with Crippen LogP contribution in [0.3, 0.4) is 0 Å². The van der Waals surface area contributed by atoms with E-state index in [0.717, 1.165) is 31.1 Å². The fourth-order valence-electron chi connectivity index (χ4n) is 2.37. The van der Waals surface area contributed by atoms with Gasteiger partial charge in [-0.3, -0.25) is 4.40 Å². The summed E-state index contributed by atoms with van der Waals surface area (Å²) in [6.07, 6.45) is 7.98. The smallest absolute Gasteiger partial charge is 0.193 e. The van der Waals surface area contributed by atoms with E-state index in [1.807, 2.05) is 0 Å². The third kappa shape index (κ3) is 2.58. The molecule has 1 aliphatic carbocycles. The Morgan fingerprint density at radius 3 is 3.17 bits per heavy atom. The second-order valence-electron chi connectivity index (χ2n) is 5.17. The van der Waals surface area contributed by atoms with Gasteiger partial charge in [0.25, 0.3) is 0 Å². The molecule has 18 heavy (non-hydrogen) atoms. The van der Waals surface area contributed by atoms with Gasteiger partial charge in [-0.05, 0) is 24.7 Å². The third-order valence-electron chi connectivity index (χ3n) is 3.64. The van der Waals surface area contributed by atoms with Crippen molar-refractivity contribution in [3.8, 4) is 0 Å². The monoisotopic (exact) mass is 265 g/mol. The van der Waals surface area contributed by atoms with Crippen LogP contribution in [0.4, 0.5) is 0 Å². The maximum absolute atomic E-state index is 5.05. The number of imidazole rings is 1. The van der Waals surface area contributed by atoms with Crippen molar-refractivity contribution in [1.82, 2.24) is 14.7 Å². The molecule has 3 rings (SSSR count). The Kier molecular flexibility index (Phi) is 3.37. The number of nitrogens with zero attached hydrogens (tertiary/aromatic N) is 2. The first kappa shape index (κ1) is 12.1. The van der Waals surface area contributed by atoms with Gasteiger partial charge in [0.1, 0.15) is 0 Å². The van der Waals surface area contributed by atoms with Crippen molar-refractivity contribution in [2.24, 2.45) is 5.41 Å². The molecule has 1 aliphatic rings. The van der Waals surface area contributed by atoms with E-state index >= 15 is 0 Å². The van der Waals surface area contributed by atoms with Gasteiger partial charge in [0.2, 0.25) is 0 Å². The van der Waals surface area contributed by atoms with E-state index in [0.29, 0.717) is 5.41 Å². The summed E-state index contributed by atoms with van der Waals surface area (Å²) in [7, 11) is 1.74. The number of thiazole rings is 1. The SMILES string of the molecule is COCCNCC1(Cc2cn3ccsc3n2)CC1. The minimum absolute atomic E-state index is 0.456. The summed E-state index contributed by atoms with van der Waals surface area (Å²) in [5.41, 5.74) is 1.69. The Bertz CT molecular complexity index is 487. The lowest BCUT2D eigenvalue weighted by Gasteiger charge is -2.14. The van der Waals surface area contributed by atoms with Crippen molar-refractivity contribution < 1.29 is 4.74 Å². The minimum Gasteiger partial charge on any atom is -0.383 e. The predicted molar refractivity (Wildman–Crippen MR) is 73.2 cm³/mol. The fraction of sp³-hybridized carbons (Fsp3) is 0.615. The highest BCUT2D eigenvalue weighted by Crippen LogP contribution is 2.47. The van der Waals surface area contributed by atoms with Crippen molar-refractivity contribution in [3.63, 3.8) is 0 Å². The van der Waals surface area contributed by atoms with Gasteiger partial charge in [-0.2, -0.15) is 0 Å². The average Bonchev–Trinajstić information content (AvgIpc) is 2.78. The maximum Gasteiger partial charge on any atom is 0.193 e. The van der Waals surface area contributed by atoms with Gasteiger partial charge in [0, 0.05) is 38.0 Å². The molecule has 2 aromatic heterocycles.